The standard InChI is InChI=1S/C12H18N2O3/c1-8(2)5-10(7-15)14-9-3-4-11(12(16)17)13-6-9/h3-4,6,8,10,14-15H,5,7H2,1-2H3,(H,16,17). The number of aromatic carboxylic acids is 1. The van der Waals surface area contributed by atoms with E-state index in [1.54, 1.807) is 6.07 Å². The van der Waals surface area contributed by atoms with Gasteiger partial charge in [0, 0.05) is 6.04 Å². The quantitative estimate of drug-likeness (QED) is 0.701. The fourth-order valence-electron chi connectivity index (χ4n) is 1.59. The lowest BCUT2D eigenvalue weighted by molar-refractivity contribution is 0.0690. The molecule has 0 bridgehead atoms. The molecule has 3 N–H and O–H groups in total. The number of aliphatic hydroxyl groups is 1. The molecule has 1 heterocycles. The first-order chi connectivity index (χ1) is 8.02. The van der Waals surface area contributed by atoms with Gasteiger partial charge in [-0.1, -0.05) is 13.8 Å². The van der Waals surface area contributed by atoms with E-state index in [4.69, 9.17) is 5.11 Å². The van der Waals surface area contributed by atoms with Crippen molar-refractivity contribution in [3.8, 4) is 0 Å². The molecule has 0 aliphatic heterocycles. The van der Waals surface area contributed by atoms with E-state index < -0.39 is 5.97 Å². The normalized spacial score (nSPS) is 12.5. The third-order valence-electron chi connectivity index (χ3n) is 2.33. The molecule has 0 radical (unpaired) electrons. The van der Waals surface area contributed by atoms with Crippen LogP contribution in [0.15, 0.2) is 18.3 Å². The van der Waals surface area contributed by atoms with E-state index >= 15 is 0 Å². The minimum atomic E-state index is -1.04. The zero-order valence-corrected chi connectivity index (χ0v) is 10.1. The van der Waals surface area contributed by atoms with Crippen molar-refractivity contribution >= 4 is 11.7 Å². The van der Waals surface area contributed by atoms with E-state index in [2.05, 4.69) is 24.1 Å². The number of rotatable bonds is 6. The van der Waals surface area contributed by atoms with Crippen molar-refractivity contribution in [2.75, 3.05) is 11.9 Å². The van der Waals surface area contributed by atoms with Crippen LogP contribution in [0, 0.1) is 5.92 Å². The summed E-state index contributed by atoms with van der Waals surface area (Å²) < 4.78 is 0. The van der Waals surface area contributed by atoms with Crippen molar-refractivity contribution in [1.82, 2.24) is 4.98 Å². The highest BCUT2D eigenvalue weighted by Crippen LogP contribution is 2.12. The van der Waals surface area contributed by atoms with Gasteiger partial charge in [0.05, 0.1) is 18.5 Å². The van der Waals surface area contributed by atoms with Gasteiger partial charge in [-0.05, 0) is 24.5 Å². The van der Waals surface area contributed by atoms with Crippen molar-refractivity contribution in [3.05, 3.63) is 24.0 Å². The number of pyridine rings is 1. The Morgan fingerprint density at radius 1 is 1.47 bits per heavy atom. The molecule has 5 heteroatoms. The summed E-state index contributed by atoms with van der Waals surface area (Å²) in [7, 11) is 0. The fourth-order valence-corrected chi connectivity index (χ4v) is 1.59. The molecule has 1 unspecified atom stereocenters. The number of nitrogens with zero attached hydrogens (tertiary/aromatic N) is 1. The van der Waals surface area contributed by atoms with Crippen LogP contribution in [0.3, 0.4) is 0 Å². The molecule has 0 aromatic carbocycles. The first-order valence-electron chi connectivity index (χ1n) is 5.59. The first-order valence-corrected chi connectivity index (χ1v) is 5.59. The molecule has 1 aromatic rings. The van der Waals surface area contributed by atoms with E-state index in [9.17, 15) is 9.90 Å². The Labute approximate surface area is 101 Å². The Balaban J connectivity index is 2.64. The van der Waals surface area contributed by atoms with Gasteiger partial charge in [-0.2, -0.15) is 0 Å². The van der Waals surface area contributed by atoms with Gasteiger partial charge in [0.25, 0.3) is 0 Å². The molecular formula is C12H18N2O3. The molecule has 17 heavy (non-hydrogen) atoms. The predicted molar refractivity (Wildman–Crippen MR) is 65.1 cm³/mol. The van der Waals surface area contributed by atoms with E-state index in [1.165, 1.54) is 12.3 Å². The minimum absolute atomic E-state index is 0.0139. The molecule has 0 amide bonds. The Kier molecular flexibility index (Phi) is 4.90. The van der Waals surface area contributed by atoms with Crippen LogP contribution in [-0.2, 0) is 0 Å². The van der Waals surface area contributed by atoms with Crippen LogP contribution in [0.1, 0.15) is 30.8 Å². The molecule has 1 rings (SSSR count). The van der Waals surface area contributed by atoms with Crippen LogP contribution < -0.4 is 5.32 Å². The molecule has 0 aliphatic carbocycles. The van der Waals surface area contributed by atoms with Crippen LogP contribution in [-0.4, -0.2) is 33.8 Å². The fraction of sp³-hybridized carbons (Fsp3) is 0.500. The number of carboxylic acids is 1. The second-order valence-corrected chi connectivity index (χ2v) is 4.39. The van der Waals surface area contributed by atoms with Gasteiger partial charge < -0.3 is 15.5 Å². The lowest BCUT2D eigenvalue weighted by Crippen LogP contribution is -2.25. The van der Waals surface area contributed by atoms with Crippen molar-refractivity contribution in [3.63, 3.8) is 0 Å². The average molecular weight is 238 g/mol. The smallest absolute Gasteiger partial charge is 0.354 e. The summed E-state index contributed by atoms with van der Waals surface area (Å²) in [4.78, 5) is 14.4. The van der Waals surface area contributed by atoms with Crippen LogP contribution in [0.4, 0.5) is 5.69 Å². The van der Waals surface area contributed by atoms with Crippen LogP contribution >= 0.6 is 0 Å². The second kappa shape index (κ2) is 6.20. The Bertz CT molecular complexity index is 363. The molecule has 0 saturated carbocycles. The van der Waals surface area contributed by atoms with E-state index in [1.807, 2.05) is 0 Å². The summed E-state index contributed by atoms with van der Waals surface area (Å²) in [6, 6.07) is 3.06. The summed E-state index contributed by atoms with van der Waals surface area (Å²) in [5.41, 5.74) is 0.731. The highest BCUT2D eigenvalue weighted by atomic mass is 16.4. The third kappa shape index (κ3) is 4.40. The maximum Gasteiger partial charge on any atom is 0.354 e. The molecule has 5 nitrogen and oxygen atoms in total. The number of hydrogen-bond donors (Lipinski definition) is 3. The van der Waals surface area contributed by atoms with E-state index in [0.717, 1.165) is 12.1 Å². The molecule has 0 aliphatic rings. The monoisotopic (exact) mass is 238 g/mol. The highest BCUT2D eigenvalue weighted by molar-refractivity contribution is 5.85. The van der Waals surface area contributed by atoms with Crippen molar-refractivity contribution in [1.29, 1.82) is 0 Å². The molecule has 1 atom stereocenters. The van der Waals surface area contributed by atoms with Gasteiger partial charge in [-0.15, -0.1) is 0 Å². The number of carbonyl (C=O) groups is 1. The number of nitrogens with one attached hydrogen (secondary N) is 1. The Morgan fingerprint density at radius 2 is 2.18 bits per heavy atom. The Hall–Kier alpha value is -1.62. The molecular weight excluding hydrogens is 220 g/mol. The molecule has 1 aromatic heterocycles. The van der Waals surface area contributed by atoms with Crippen LogP contribution in [0.5, 0.6) is 0 Å². The first kappa shape index (κ1) is 13.4. The maximum absolute atomic E-state index is 10.6. The summed E-state index contributed by atoms with van der Waals surface area (Å²) in [5, 5.41) is 21.0. The number of hydrogen-bond acceptors (Lipinski definition) is 4. The van der Waals surface area contributed by atoms with Crippen LogP contribution in [0.2, 0.25) is 0 Å². The van der Waals surface area contributed by atoms with Crippen LogP contribution in [0.25, 0.3) is 0 Å². The highest BCUT2D eigenvalue weighted by Gasteiger charge is 2.10. The van der Waals surface area contributed by atoms with Gasteiger partial charge in [0.15, 0.2) is 0 Å². The molecule has 94 valence electrons. The second-order valence-electron chi connectivity index (χ2n) is 4.39. The summed E-state index contributed by atoms with van der Waals surface area (Å²) >= 11 is 0. The molecule has 0 fully saturated rings. The third-order valence-corrected chi connectivity index (χ3v) is 2.33. The number of aromatic nitrogens is 1. The maximum atomic E-state index is 10.6. The Morgan fingerprint density at radius 3 is 2.59 bits per heavy atom. The zero-order chi connectivity index (χ0) is 12.8. The average Bonchev–Trinajstić information content (AvgIpc) is 2.28. The van der Waals surface area contributed by atoms with E-state index in [-0.39, 0.29) is 18.3 Å². The van der Waals surface area contributed by atoms with Crippen molar-refractivity contribution in [2.45, 2.75) is 26.3 Å². The largest absolute Gasteiger partial charge is 0.477 e. The summed E-state index contributed by atoms with van der Waals surface area (Å²) in [6.07, 6.45) is 2.31. The number of carboxylic acid groups (broad SMARTS) is 1. The number of anilines is 1. The van der Waals surface area contributed by atoms with Gasteiger partial charge in [0.2, 0.25) is 0 Å². The number of aliphatic hydroxyl groups excluding tert-OH is 1. The SMILES string of the molecule is CC(C)CC(CO)Nc1ccc(C(=O)O)nc1. The summed E-state index contributed by atoms with van der Waals surface area (Å²) in [5.74, 6) is -0.566. The van der Waals surface area contributed by atoms with Gasteiger partial charge >= 0.3 is 5.97 Å². The lowest BCUT2D eigenvalue weighted by atomic mass is 10.0. The molecule has 0 spiro atoms. The van der Waals surface area contributed by atoms with Crippen molar-refractivity contribution in [2.24, 2.45) is 5.92 Å². The predicted octanol–water partition coefficient (Wildman–Crippen LogP) is 1.60. The molecule has 0 saturated heterocycles. The van der Waals surface area contributed by atoms with Gasteiger partial charge in [-0.25, -0.2) is 9.78 Å². The van der Waals surface area contributed by atoms with E-state index in [0.29, 0.717) is 5.92 Å². The van der Waals surface area contributed by atoms with Gasteiger partial charge in [-0.3, -0.25) is 0 Å². The lowest BCUT2D eigenvalue weighted by Gasteiger charge is -2.19. The summed E-state index contributed by atoms with van der Waals surface area (Å²) in [6.45, 7) is 4.20. The zero-order valence-electron chi connectivity index (χ0n) is 10.1. The minimum Gasteiger partial charge on any atom is -0.477 e. The van der Waals surface area contributed by atoms with Gasteiger partial charge in [0.1, 0.15) is 5.69 Å². The van der Waals surface area contributed by atoms with Crippen molar-refractivity contribution < 1.29 is 15.0 Å². The topological polar surface area (TPSA) is 82.5 Å².